The molecule has 8 N–H and O–H groups in total. The smallest absolute Gasteiger partial charge is 0.160 e. The minimum absolute atomic E-state index is 0.00918. The highest BCUT2D eigenvalue weighted by Crippen LogP contribution is 2.74. The zero-order valence-electron chi connectivity index (χ0n) is 29.1. The Morgan fingerprint density at radius 2 is 1.69 bits per heavy atom. The van der Waals surface area contributed by atoms with Crippen LogP contribution in [0.2, 0.25) is 0 Å². The summed E-state index contributed by atoms with van der Waals surface area (Å²) < 4.78 is 6.91. The number of hydrogen-bond donors (Lipinski definition) is 8. The minimum Gasteiger partial charge on any atom is -0.508 e. The van der Waals surface area contributed by atoms with Gasteiger partial charge in [-0.25, -0.2) is 0 Å². The Labute approximate surface area is 287 Å². The molecule has 1 aromatic carbocycles. The van der Waals surface area contributed by atoms with E-state index in [1.165, 1.54) is 12.1 Å². The third-order valence-corrected chi connectivity index (χ3v) is 16.0. The average molecular weight is 683 g/mol. The van der Waals surface area contributed by atoms with Crippen LogP contribution in [-0.4, -0.2) is 94.0 Å². The largest absolute Gasteiger partial charge is 0.508 e. The maximum Gasteiger partial charge on any atom is 0.160 e. The lowest BCUT2D eigenvalue weighted by atomic mass is 9.41. The quantitative estimate of drug-likeness (QED) is 0.230. The van der Waals surface area contributed by atoms with Crippen molar-refractivity contribution in [2.24, 2.45) is 40.4 Å². The third-order valence-electron chi connectivity index (χ3n) is 16.0. The van der Waals surface area contributed by atoms with Crippen molar-refractivity contribution in [3.8, 4) is 11.5 Å². The van der Waals surface area contributed by atoms with Gasteiger partial charge < -0.3 is 45.6 Å². The maximum atomic E-state index is 14.6. The van der Waals surface area contributed by atoms with E-state index in [0.29, 0.717) is 42.4 Å². The van der Waals surface area contributed by atoms with Crippen molar-refractivity contribution in [3.63, 3.8) is 0 Å². The molecule has 270 valence electrons. The third kappa shape index (κ3) is 3.95. The fourth-order valence-corrected chi connectivity index (χ4v) is 13.5. The molecule has 15 atom stereocenters. The van der Waals surface area contributed by atoms with E-state index in [4.69, 9.17) is 4.74 Å². The fraction of sp³-hybridized carbons (Fsp3) is 0.769. The standard InChI is InChI=1S/C39H54O10/c1-19-6-5-9-39(33(45)20(19)2)37(47,12-13-40)32-28(49-39)17-38(48)25-16-27(43)31-30-23-14-21(41)15-26(42)22(23)7-11-36(30,46)29(44)18-34(31,3)24(25)8-10-35(32,38)4/h14-16,19-20,24,28-33,40-42,44-48H,5-13,17-18H2,1-4H3. The molecular formula is C39H54O10. The number of carbonyl (C=O) groups is 1. The number of hydrogen-bond acceptors (Lipinski definition) is 10. The van der Waals surface area contributed by atoms with E-state index < -0.39 is 69.3 Å². The van der Waals surface area contributed by atoms with Crippen molar-refractivity contribution >= 4 is 5.78 Å². The molecule has 49 heavy (non-hydrogen) atoms. The molecule has 0 bridgehead atoms. The average Bonchev–Trinajstić information content (AvgIpc) is 3.36. The van der Waals surface area contributed by atoms with Gasteiger partial charge in [-0.15, -0.1) is 0 Å². The van der Waals surface area contributed by atoms with Gasteiger partial charge in [-0.05, 0) is 90.5 Å². The van der Waals surface area contributed by atoms with E-state index in [1.54, 1.807) is 6.08 Å². The van der Waals surface area contributed by atoms with E-state index >= 15 is 0 Å². The van der Waals surface area contributed by atoms with Gasteiger partial charge in [-0.1, -0.05) is 40.5 Å². The van der Waals surface area contributed by atoms with Gasteiger partial charge in [0, 0.05) is 48.7 Å². The summed E-state index contributed by atoms with van der Waals surface area (Å²) in [4.78, 5) is 14.6. The number of benzene rings is 1. The Morgan fingerprint density at radius 1 is 0.959 bits per heavy atom. The maximum absolute atomic E-state index is 14.6. The van der Waals surface area contributed by atoms with Gasteiger partial charge in [0.1, 0.15) is 22.7 Å². The summed E-state index contributed by atoms with van der Waals surface area (Å²) in [6.07, 6.45) is 2.57. The lowest BCUT2D eigenvalue weighted by Crippen LogP contribution is -2.69. The van der Waals surface area contributed by atoms with Crippen LogP contribution in [0, 0.1) is 40.4 Å². The van der Waals surface area contributed by atoms with Crippen LogP contribution in [0.1, 0.15) is 103 Å². The number of aliphatic hydroxyl groups is 6. The van der Waals surface area contributed by atoms with Gasteiger partial charge in [-0.3, -0.25) is 4.79 Å². The van der Waals surface area contributed by atoms with Crippen LogP contribution >= 0.6 is 0 Å². The molecule has 10 heteroatoms. The second-order valence-corrected chi connectivity index (χ2v) is 17.9. The van der Waals surface area contributed by atoms with Crippen LogP contribution in [0.15, 0.2) is 23.8 Å². The molecule has 10 nitrogen and oxygen atoms in total. The number of carbonyl (C=O) groups excluding carboxylic acids is 1. The van der Waals surface area contributed by atoms with Crippen molar-refractivity contribution in [2.75, 3.05) is 6.61 Å². The normalized spacial score (nSPS) is 53.1. The van der Waals surface area contributed by atoms with Crippen molar-refractivity contribution in [3.05, 3.63) is 34.9 Å². The molecule has 15 unspecified atom stereocenters. The Morgan fingerprint density at radius 3 is 2.41 bits per heavy atom. The van der Waals surface area contributed by atoms with Gasteiger partial charge in [0.2, 0.25) is 0 Å². The van der Waals surface area contributed by atoms with E-state index in [2.05, 4.69) is 6.92 Å². The van der Waals surface area contributed by atoms with Crippen molar-refractivity contribution in [1.82, 2.24) is 0 Å². The van der Waals surface area contributed by atoms with E-state index in [9.17, 15) is 45.6 Å². The van der Waals surface area contributed by atoms with E-state index in [-0.39, 0.29) is 67.3 Å². The molecule has 6 aliphatic carbocycles. The Hall–Kier alpha value is -2.05. The Kier molecular flexibility index (Phi) is 7.31. The molecule has 5 fully saturated rings. The van der Waals surface area contributed by atoms with Crippen LogP contribution in [0.3, 0.4) is 0 Å². The fourth-order valence-electron chi connectivity index (χ4n) is 13.5. The topological polar surface area (TPSA) is 188 Å². The predicted octanol–water partition coefficient (Wildman–Crippen LogP) is 2.99. The van der Waals surface area contributed by atoms with Crippen LogP contribution in [0.4, 0.5) is 0 Å². The lowest BCUT2D eigenvalue weighted by molar-refractivity contribution is -0.234. The summed E-state index contributed by atoms with van der Waals surface area (Å²) in [5.74, 6) is -3.10. The van der Waals surface area contributed by atoms with Crippen molar-refractivity contribution in [1.29, 1.82) is 0 Å². The Bertz CT molecular complexity index is 1610. The SMILES string of the molecule is CC1CCCC2(OC3CC4(O)C5=CC(=O)C6C7c8cc(O)cc(O)c8CCC7(O)C(O)CC6(C)C5CCC4(C)C3C2(O)CCO)C(O)C1C. The number of ether oxygens (including phenoxy) is 1. The molecule has 0 amide bonds. The van der Waals surface area contributed by atoms with Gasteiger partial charge in [0.25, 0.3) is 0 Å². The first-order chi connectivity index (χ1) is 22.9. The summed E-state index contributed by atoms with van der Waals surface area (Å²) in [5.41, 5.74) is -6.35. The summed E-state index contributed by atoms with van der Waals surface area (Å²) >= 11 is 0. The minimum atomic E-state index is -1.64. The molecule has 1 aliphatic heterocycles. The first kappa shape index (κ1) is 34.1. The molecule has 0 aromatic heterocycles. The van der Waals surface area contributed by atoms with Crippen LogP contribution in [-0.2, 0) is 16.0 Å². The first-order valence-electron chi connectivity index (χ1n) is 18.6. The number of phenolic OH excluding ortho intramolecular Hbond substituents is 2. The Balaban J connectivity index is 1.23. The number of phenols is 2. The second-order valence-electron chi connectivity index (χ2n) is 17.9. The van der Waals surface area contributed by atoms with Gasteiger partial charge in [-0.2, -0.15) is 0 Å². The lowest BCUT2D eigenvalue weighted by Gasteiger charge is -2.64. The number of allylic oxidation sites excluding steroid dienone is 1. The molecule has 1 aromatic rings. The number of aliphatic hydroxyl groups excluding tert-OH is 3. The van der Waals surface area contributed by atoms with Crippen LogP contribution in [0.5, 0.6) is 11.5 Å². The van der Waals surface area contributed by atoms with E-state index in [1.807, 2.05) is 20.8 Å². The molecule has 1 spiro atoms. The van der Waals surface area contributed by atoms with Crippen LogP contribution in [0.25, 0.3) is 0 Å². The van der Waals surface area contributed by atoms with Crippen molar-refractivity contribution in [2.45, 2.75) is 139 Å². The zero-order valence-corrected chi connectivity index (χ0v) is 29.1. The van der Waals surface area contributed by atoms with Gasteiger partial charge in [0.15, 0.2) is 5.78 Å². The number of aromatic hydroxyl groups is 2. The van der Waals surface area contributed by atoms with E-state index in [0.717, 1.165) is 12.8 Å². The number of ketones is 1. The van der Waals surface area contributed by atoms with Gasteiger partial charge >= 0.3 is 0 Å². The monoisotopic (exact) mass is 682 g/mol. The van der Waals surface area contributed by atoms with Crippen molar-refractivity contribution < 1.29 is 50.4 Å². The molecule has 7 aliphatic rings. The molecular weight excluding hydrogens is 628 g/mol. The predicted molar refractivity (Wildman–Crippen MR) is 177 cm³/mol. The highest BCUT2D eigenvalue weighted by molar-refractivity contribution is 5.96. The summed E-state index contributed by atoms with van der Waals surface area (Å²) in [6, 6.07) is 2.76. The second kappa shape index (κ2) is 10.5. The number of rotatable bonds is 2. The first-order valence-corrected chi connectivity index (χ1v) is 18.6. The van der Waals surface area contributed by atoms with Gasteiger partial charge in [0.05, 0.1) is 29.5 Å². The molecule has 1 saturated heterocycles. The summed E-state index contributed by atoms with van der Waals surface area (Å²) in [6.45, 7) is 7.72. The summed E-state index contributed by atoms with van der Waals surface area (Å²) in [7, 11) is 0. The zero-order chi connectivity index (χ0) is 35.3. The molecule has 8 rings (SSSR count). The number of fused-ring (bicyclic) bond motifs is 11. The summed E-state index contributed by atoms with van der Waals surface area (Å²) in [5, 5.41) is 93.4. The molecule has 0 radical (unpaired) electrons. The molecule has 4 saturated carbocycles. The highest BCUT2D eigenvalue weighted by atomic mass is 16.6. The highest BCUT2D eigenvalue weighted by Gasteiger charge is 2.80. The molecule has 1 heterocycles. The van der Waals surface area contributed by atoms with Crippen LogP contribution < -0.4 is 0 Å².